The molecule has 24 heavy (non-hydrogen) atoms. The number of hydrogen-bond acceptors (Lipinski definition) is 6. The van der Waals surface area contributed by atoms with Crippen molar-refractivity contribution in [3.8, 4) is 0 Å². The number of aromatic nitrogens is 1. The normalized spacial score (nSPS) is 14.5. The van der Waals surface area contributed by atoms with Gasteiger partial charge in [0.05, 0.1) is 9.58 Å². The smallest absolute Gasteiger partial charge is 0.261 e. The van der Waals surface area contributed by atoms with Crippen molar-refractivity contribution < 1.29 is 4.79 Å². The lowest BCUT2D eigenvalue weighted by atomic mass is 10.0. The highest BCUT2D eigenvalue weighted by molar-refractivity contribution is 7.29. The van der Waals surface area contributed by atoms with E-state index in [1.807, 2.05) is 24.3 Å². The summed E-state index contributed by atoms with van der Waals surface area (Å²) in [4.78, 5) is 18.5. The monoisotopic (exact) mass is 358 g/mol. The molecule has 3 aromatic rings. The number of thiophene rings is 1. The number of aryl methyl sites for hydroxylation is 1. The first-order valence-corrected chi connectivity index (χ1v) is 9.54. The van der Waals surface area contributed by atoms with Crippen LogP contribution in [0.4, 0.5) is 10.8 Å². The summed E-state index contributed by atoms with van der Waals surface area (Å²) in [6.45, 7) is 4.80. The van der Waals surface area contributed by atoms with Crippen molar-refractivity contribution >= 4 is 48.9 Å². The summed E-state index contributed by atoms with van der Waals surface area (Å²) < 4.78 is 1.05. The van der Waals surface area contributed by atoms with E-state index in [-0.39, 0.29) is 5.91 Å². The highest BCUT2D eigenvalue weighted by Gasteiger charge is 2.19. The van der Waals surface area contributed by atoms with Crippen LogP contribution in [0.5, 0.6) is 0 Å². The van der Waals surface area contributed by atoms with Gasteiger partial charge in [0.25, 0.3) is 5.91 Å². The van der Waals surface area contributed by atoms with Crippen molar-refractivity contribution in [2.75, 3.05) is 25.0 Å². The van der Waals surface area contributed by atoms with Gasteiger partial charge in [-0.25, -0.2) is 4.98 Å². The third kappa shape index (κ3) is 3.15. The van der Waals surface area contributed by atoms with E-state index in [9.17, 15) is 4.79 Å². The maximum absolute atomic E-state index is 12.2. The van der Waals surface area contributed by atoms with E-state index in [1.54, 1.807) is 11.3 Å². The Morgan fingerprint density at radius 1 is 1.33 bits per heavy atom. The lowest BCUT2D eigenvalue weighted by molar-refractivity contribution is 0.0946. The van der Waals surface area contributed by atoms with Crippen molar-refractivity contribution in [1.82, 2.24) is 15.6 Å². The summed E-state index contributed by atoms with van der Waals surface area (Å²) >= 11 is 3.03. The second kappa shape index (κ2) is 6.51. The van der Waals surface area contributed by atoms with Gasteiger partial charge in [0.2, 0.25) is 0 Å². The molecule has 0 bridgehead atoms. The molecular weight excluding hydrogens is 340 g/mol. The van der Waals surface area contributed by atoms with Crippen molar-refractivity contribution in [2.24, 2.45) is 5.92 Å². The molecule has 124 valence electrons. The van der Waals surface area contributed by atoms with Crippen molar-refractivity contribution in [1.29, 1.82) is 0 Å². The quantitative estimate of drug-likeness (QED) is 0.654. The predicted octanol–water partition coefficient (Wildman–Crippen LogP) is 3.36. The second-order valence-corrected chi connectivity index (χ2v) is 8.03. The molecule has 1 aliphatic heterocycles. The van der Waals surface area contributed by atoms with Gasteiger partial charge in [-0.05, 0) is 24.6 Å². The predicted molar refractivity (Wildman–Crippen MR) is 101 cm³/mol. The molecule has 0 spiro atoms. The van der Waals surface area contributed by atoms with Gasteiger partial charge in [-0.1, -0.05) is 29.5 Å². The molecule has 3 heterocycles. The molecule has 4 rings (SSSR count). The summed E-state index contributed by atoms with van der Waals surface area (Å²) in [6.07, 6.45) is 0. The molecule has 1 aliphatic rings. The van der Waals surface area contributed by atoms with Crippen LogP contribution >= 0.6 is 22.7 Å². The molecule has 3 N–H and O–H groups in total. The fourth-order valence-corrected chi connectivity index (χ4v) is 4.59. The lowest BCUT2D eigenvalue weighted by Crippen LogP contribution is -2.48. The Labute approximate surface area is 148 Å². The van der Waals surface area contributed by atoms with Gasteiger partial charge in [-0.3, -0.25) is 4.79 Å². The Morgan fingerprint density at radius 2 is 2.17 bits per heavy atom. The number of nitrogens with one attached hydrogen (secondary N) is 3. The minimum Gasteiger partial charge on any atom is -0.351 e. The molecule has 0 atom stereocenters. The number of anilines is 2. The van der Waals surface area contributed by atoms with Crippen LogP contribution < -0.4 is 16.0 Å². The summed E-state index contributed by atoms with van der Waals surface area (Å²) in [6, 6.07) is 10.1. The summed E-state index contributed by atoms with van der Waals surface area (Å²) in [5, 5.41) is 10.4. The zero-order valence-electron chi connectivity index (χ0n) is 13.3. The van der Waals surface area contributed by atoms with Crippen LogP contribution in [0.2, 0.25) is 0 Å². The zero-order chi connectivity index (χ0) is 16.5. The molecule has 0 radical (unpaired) electrons. The molecule has 1 fully saturated rings. The number of carbonyl (C=O) groups excluding carboxylic acids is 1. The first-order chi connectivity index (χ1) is 11.7. The Bertz CT molecular complexity index is 850. The fourth-order valence-electron chi connectivity index (χ4n) is 2.55. The number of fused-ring (bicyclic) bond motifs is 1. The summed E-state index contributed by atoms with van der Waals surface area (Å²) in [5.41, 5.74) is 2.24. The first kappa shape index (κ1) is 15.6. The van der Waals surface area contributed by atoms with Gasteiger partial charge in [-0.15, -0.1) is 11.3 Å². The van der Waals surface area contributed by atoms with Crippen LogP contribution in [0, 0.1) is 12.8 Å². The van der Waals surface area contributed by atoms with Gasteiger partial charge in [-0.2, -0.15) is 0 Å². The molecule has 1 saturated heterocycles. The lowest BCUT2D eigenvalue weighted by Gasteiger charge is -2.26. The molecule has 5 nitrogen and oxygen atoms in total. The number of amides is 1. The van der Waals surface area contributed by atoms with Crippen molar-refractivity contribution in [3.05, 3.63) is 40.8 Å². The Morgan fingerprint density at radius 3 is 2.88 bits per heavy atom. The molecule has 0 saturated carbocycles. The highest BCUT2D eigenvalue weighted by atomic mass is 32.1. The average Bonchev–Trinajstić information content (AvgIpc) is 3.06. The largest absolute Gasteiger partial charge is 0.351 e. The van der Waals surface area contributed by atoms with E-state index in [4.69, 9.17) is 0 Å². The number of hydrogen-bond donors (Lipinski definition) is 3. The maximum Gasteiger partial charge on any atom is 0.261 e. The van der Waals surface area contributed by atoms with E-state index in [0.717, 1.165) is 44.9 Å². The van der Waals surface area contributed by atoms with Gasteiger partial charge in [0.1, 0.15) is 4.83 Å². The number of para-hydroxylation sites is 1. The van der Waals surface area contributed by atoms with Crippen LogP contribution in [-0.2, 0) is 0 Å². The Kier molecular flexibility index (Phi) is 4.22. The third-order valence-electron chi connectivity index (χ3n) is 4.12. The van der Waals surface area contributed by atoms with Gasteiger partial charge in [0.15, 0.2) is 5.13 Å². The minimum absolute atomic E-state index is 0.00510. The molecule has 1 aromatic carbocycles. The van der Waals surface area contributed by atoms with Crippen LogP contribution in [-0.4, -0.2) is 30.5 Å². The van der Waals surface area contributed by atoms with Gasteiger partial charge >= 0.3 is 0 Å². The molecule has 7 heteroatoms. The van der Waals surface area contributed by atoms with Crippen molar-refractivity contribution in [2.45, 2.75) is 6.92 Å². The van der Waals surface area contributed by atoms with Crippen LogP contribution in [0.15, 0.2) is 30.3 Å². The van der Waals surface area contributed by atoms with Crippen LogP contribution in [0.25, 0.3) is 9.53 Å². The van der Waals surface area contributed by atoms with Crippen LogP contribution in [0.1, 0.15) is 15.2 Å². The molecule has 0 aliphatic carbocycles. The standard InChI is InChI=1S/C17H18N4OS2/c1-10-4-2-3-5-12(10)20-17-21-16-14(24-17)6-13(23-16)15(22)19-9-11-7-18-8-11/h2-6,11,18H,7-9H2,1H3,(H,19,22)(H,20,21). The maximum atomic E-state index is 12.2. The topological polar surface area (TPSA) is 66.0 Å². The fraction of sp³-hybridized carbons (Fsp3) is 0.294. The third-order valence-corrected chi connectivity index (χ3v) is 6.19. The van der Waals surface area contributed by atoms with E-state index in [0.29, 0.717) is 5.92 Å². The molecule has 2 aromatic heterocycles. The SMILES string of the molecule is Cc1ccccc1Nc1nc2sc(C(=O)NCC3CNC3)cc2s1. The number of rotatable bonds is 5. The average molecular weight is 358 g/mol. The van der Waals surface area contributed by atoms with Crippen molar-refractivity contribution in [3.63, 3.8) is 0 Å². The highest BCUT2D eigenvalue weighted by Crippen LogP contribution is 2.34. The Hall–Kier alpha value is -1.96. The first-order valence-electron chi connectivity index (χ1n) is 7.91. The second-order valence-electron chi connectivity index (χ2n) is 5.97. The molecular formula is C17H18N4OS2. The minimum atomic E-state index is 0.00510. The molecule has 1 amide bonds. The van der Waals surface area contributed by atoms with E-state index >= 15 is 0 Å². The molecule has 0 unspecified atom stereocenters. The summed E-state index contributed by atoms with van der Waals surface area (Å²) in [5.74, 6) is 0.573. The van der Waals surface area contributed by atoms with E-state index < -0.39 is 0 Å². The zero-order valence-corrected chi connectivity index (χ0v) is 14.9. The van der Waals surface area contributed by atoms with E-state index in [1.165, 1.54) is 16.9 Å². The van der Waals surface area contributed by atoms with Gasteiger partial charge in [0, 0.05) is 31.2 Å². The van der Waals surface area contributed by atoms with E-state index in [2.05, 4.69) is 33.9 Å². The Balaban J connectivity index is 1.46. The van der Waals surface area contributed by atoms with Crippen LogP contribution in [0.3, 0.4) is 0 Å². The number of benzene rings is 1. The number of thiazole rings is 1. The van der Waals surface area contributed by atoms with Gasteiger partial charge < -0.3 is 16.0 Å². The summed E-state index contributed by atoms with van der Waals surface area (Å²) in [7, 11) is 0. The number of nitrogens with zero attached hydrogens (tertiary/aromatic N) is 1. The number of carbonyl (C=O) groups is 1.